The van der Waals surface area contributed by atoms with E-state index in [1.54, 1.807) is 4.80 Å². The summed E-state index contributed by atoms with van der Waals surface area (Å²) < 4.78 is 40.9. The van der Waals surface area contributed by atoms with Crippen LogP contribution in [0.3, 0.4) is 0 Å². The Labute approximate surface area is 116 Å². The Kier molecular flexibility index (Phi) is 5.56. The van der Waals surface area contributed by atoms with E-state index in [1.165, 1.54) is 0 Å². The number of halogens is 4. The van der Waals surface area contributed by atoms with Gasteiger partial charge in [-0.25, -0.2) is 0 Å². The average molecular weight is 299 g/mol. The molecule has 1 heterocycles. The van der Waals surface area contributed by atoms with E-state index in [2.05, 4.69) is 57.2 Å². The number of tetrazole rings is 1. The normalized spacial score (nSPS) is 12.8. The molecule has 0 atom stereocenters. The highest BCUT2D eigenvalue weighted by molar-refractivity contribution is 6.50. The fourth-order valence-electron chi connectivity index (χ4n) is 1.24. The van der Waals surface area contributed by atoms with E-state index in [-0.39, 0.29) is 11.1 Å². The first kappa shape index (κ1) is 18.7. The van der Waals surface area contributed by atoms with Crippen LogP contribution in [0.4, 0.5) is 23.2 Å². The van der Waals surface area contributed by atoms with E-state index in [0.29, 0.717) is 0 Å². The molecule has 0 saturated heterocycles. The first-order valence-corrected chi connectivity index (χ1v) is 6.09. The number of aryl methyl sites for hydroxylation is 1. The molecule has 5 nitrogen and oxygen atoms in total. The maximum Gasteiger partial charge on any atom is 0.673 e. The van der Waals surface area contributed by atoms with Gasteiger partial charge in [0.15, 0.2) is 0 Å². The van der Waals surface area contributed by atoms with Crippen molar-refractivity contribution in [3.63, 3.8) is 0 Å². The van der Waals surface area contributed by atoms with Crippen LogP contribution in [0.5, 0.6) is 0 Å². The van der Waals surface area contributed by atoms with Gasteiger partial charge >= 0.3 is 13.2 Å². The van der Waals surface area contributed by atoms with Crippen molar-refractivity contribution in [2.24, 2.45) is 7.05 Å². The summed E-state index contributed by atoms with van der Waals surface area (Å²) in [6.45, 7) is 12.6. The van der Waals surface area contributed by atoms with Gasteiger partial charge in [-0.1, -0.05) is 4.80 Å². The monoisotopic (exact) mass is 299 g/mol. The highest BCUT2D eigenvalue weighted by Crippen LogP contribution is 2.11. The van der Waals surface area contributed by atoms with Gasteiger partial charge in [-0.3, -0.25) is 5.32 Å². The van der Waals surface area contributed by atoms with Crippen LogP contribution in [-0.2, 0) is 12.6 Å². The van der Waals surface area contributed by atoms with Crippen LogP contribution < -0.4 is 10.00 Å². The summed E-state index contributed by atoms with van der Waals surface area (Å²) in [6.07, 6.45) is 0. The highest BCUT2D eigenvalue weighted by atomic mass is 19.5. The second-order valence-electron chi connectivity index (χ2n) is 6.35. The maximum atomic E-state index is 9.75. The van der Waals surface area contributed by atoms with Crippen LogP contribution in [0.15, 0.2) is 0 Å². The predicted octanol–water partition coefficient (Wildman–Crippen LogP) is 2.37. The number of hydrogen-bond donors (Lipinski definition) is 1. The SMILES string of the molecule is Cn1nc(NC(C)(C)C)[n+](C(C)(C)C)n1.F[B-](F)(F)F. The molecule has 0 bridgehead atoms. The lowest BCUT2D eigenvalue weighted by molar-refractivity contribution is -0.795. The van der Waals surface area contributed by atoms with Crippen molar-refractivity contribution in [2.45, 2.75) is 52.6 Å². The average Bonchev–Trinajstić information content (AvgIpc) is 2.38. The van der Waals surface area contributed by atoms with Crippen molar-refractivity contribution in [1.29, 1.82) is 0 Å². The Morgan fingerprint density at radius 2 is 1.45 bits per heavy atom. The molecule has 0 saturated carbocycles. The van der Waals surface area contributed by atoms with Crippen LogP contribution in [0.1, 0.15) is 41.5 Å². The molecule has 0 spiro atoms. The maximum absolute atomic E-state index is 9.75. The molecule has 0 amide bonds. The number of rotatable bonds is 1. The van der Waals surface area contributed by atoms with Crippen LogP contribution in [0.25, 0.3) is 0 Å². The first-order chi connectivity index (χ1) is 8.59. The third-order valence-corrected chi connectivity index (χ3v) is 1.78. The molecule has 0 aliphatic heterocycles. The zero-order valence-electron chi connectivity index (χ0n) is 12.9. The van der Waals surface area contributed by atoms with Crippen molar-refractivity contribution < 1.29 is 21.9 Å². The molecule has 0 radical (unpaired) electrons. The molecular formula is C10H22BF4N5. The van der Waals surface area contributed by atoms with E-state index in [4.69, 9.17) is 0 Å². The number of aromatic nitrogens is 4. The van der Waals surface area contributed by atoms with Crippen LogP contribution in [-0.4, -0.2) is 27.9 Å². The Hall–Kier alpha value is -1.35. The molecule has 0 aliphatic rings. The van der Waals surface area contributed by atoms with E-state index < -0.39 is 7.25 Å². The van der Waals surface area contributed by atoms with Crippen LogP contribution >= 0.6 is 0 Å². The third kappa shape index (κ3) is 8.70. The number of nitrogens with one attached hydrogen (secondary N) is 1. The first-order valence-electron chi connectivity index (χ1n) is 6.09. The van der Waals surface area contributed by atoms with Gasteiger partial charge in [0, 0.05) is 5.21 Å². The highest BCUT2D eigenvalue weighted by Gasteiger charge is 2.29. The largest absolute Gasteiger partial charge is 0.673 e. The number of anilines is 1. The van der Waals surface area contributed by atoms with Crippen molar-refractivity contribution >= 4 is 13.2 Å². The van der Waals surface area contributed by atoms with Crippen LogP contribution in [0.2, 0.25) is 0 Å². The minimum Gasteiger partial charge on any atom is -0.418 e. The predicted molar refractivity (Wildman–Crippen MR) is 69.8 cm³/mol. The van der Waals surface area contributed by atoms with E-state index in [0.717, 1.165) is 5.95 Å². The Bertz CT molecular complexity index is 424. The van der Waals surface area contributed by atoms with Gasteiger partial charge in [0.2, 0.25) is 0 Å². The fraction of sp³-hybridized carbons (Fsp3) is 0.900. The van der Waals surface area contributed by atoms with E-state index >= 15 is 0 Å². The minimum absolute atomic E-state index is 0.0109. The summed E-state index contributed by atoms with van der Waals surface area (Å²) >= 11 is 0. The summed E-state index contributed by atoms with van der Waals surface area (Å²) in [5.74, 6) is 0.803. The molecule has 0 fully saturated rings. The van der Waals surface area contributed by atoms with Gasteiger partial charge in [0.1, 0.15) is 7.05 Å². The number of hydrogen-bond acceptors (Lipinski definition) is 3. The lowest BCUT2D eigenvalue weighted by Crippen LogP contribution is -2.55. The Morgan fingerprint density at radius 3 is 1.75 bits per heavy atom. The van der Waals surface area contributed by atoms with Gasteiger partial charge in [-0.05, 0) is 41.5 Å². The van der Waals surface area contributed by atoms with Gasteiger partial charge in [0.25, 0.3) is 0 Å². The third-order valence-electron chi connectivity index (χ3n) is 1.78. The molecule has 118 valence electrons. The quantitative estimate of drug-likeness (QED) is 0.492. The zero-order chi connectivity index (χ0) is 16.4. The molecule has 20 heavy (non-hydrogen) atoms. The van der Waals surface area contributed by atoms with Crippen LogP contribution in [0, 0.1) is 0 Å². The summed E-state index contributed by atoms with van der Waals surface area (Å²) in [6, 6.07) is 0. The number of nitrogens with zero attached hydrogens (tertiary/aromatic N) is 4. The molecule has 10 heteroatoms. The fourth-order valence-corrected chi connectivity index (χ4v) is 1.24. The lowest BCUT2D eigenvalue weighted by atomic mass is 10.1. The van der Waals surface area contributed by atoms with E-state index in [1.807, 2.05) is 11.7 Å². The Morgan fingerprint density at radius 1 is 1.05 bits per heavy atom. The molecule has 1 N–H and O–H groups in total. The topological polar surface area (TPSA) is 46.6 Å². The molecule has 1 rings (SSSR count). The van der Waals surface area contributed by atoms with Crippen molar-refractivity contribution in [3.8, 4) is 0 Å². The van der Waals surface area contributed by atoms with Crippen molar-refractivity contribution in [3.05, 3.63) is 0 Å². The second-order valence-corrected chi connectivity index (χ2v) is 6.35. The zero-order valence-corrected chi connectivity index (χ0v) is 12.9. The second kappa shape index (κ2) is 5.96. The Balaban J connectivity index is 0.000000621. The van der Waals surface area contributed by atoms with Crippen molar-refractivity contribution in [2.75, 3.05) is 5.32 Å². The van der Waals surface area contributed by atoms with Gasteiger partial charge in [0.05, 0.1) is 16.2 Å². The molecule has 1 aromatic heterocycles. The smallest absolute Gasteiger partial charge is 0.418 e. The molecule has 0 aromatic carbocycles. The summed E-state index contributed by atoms with van der Waals surface area (Å²) in [5, 5.41) is 12.0. The van der Waals surface area contributed by atoms with Gasteiger partial charge in [-0.2, -0.15) is 0 Å². The van der Waals surface area contributed by atoms with Gasteiger partial charge < -0.3 is 17.3 Å². The summed E-state index contributed by atoms with van der Waals surface area (Å²) in [7, 11) is -4.17. The van der Waals surface area contributed by atoms with Crippen molar-refractivity contribution in [1.82, 2.24) is 15.1 Å². The molecule has 0 unspecified atom stereocenters. The molecular weight excluding hydrogens is 277 g/mol. The van der Waals surface area contributed by atoms with E-state index in [9.17, 15) is 17.3 Å². The van der Waals surface area contributed by atoms with Gasteiger partial charge in [-0.15, -0.1) is 4.68 Å². The summed E-state index contributed by atoms with van der Waals surface area (Å²) in [5.41, 5.74) is -0.0785. The standard InChI is InChI=1S/C10H22N5.BF4/c1-9(2,3)11-8-12-14(7)13-15(8)10(4,5)6;2-1(3,4)5/h1-7H3,(H,11,12,13);/q+1;-1. The molecule has 1 aromatic rings. The summed E-state index contributed by atoms with van der Waals surface area (Å²) in [4.78, 5) is 1.58. The molecule has 0 aliphatic carbocycles. The minimum atomic E-state index is -6.00. The lowest BCUT2D eigenvalue weighted by Gasteiger charge is -2.19.